The molecule has 0 radical (unpaired) electrons. The van der Waals surface area contributed by atoms with Crippen LogP contribution in [0.5, 0.6) is 11.5 Å². The second-order valence-electron chi connectivity index (χ2n) is 4.43. The maximum Gasteiger partial charge on any atom is 0.207 e. The molecule has 3 aromatic rings. The van der Waals surface area contributed by atoms with Gasteiger partial charge in [0.25, 0.3) is 0 Å². The van der Waals surface area contributed by atoms with Crippen molar-refractivity contribution in [1.29, 1.82) is 0 Å². The zero-order valence-corrected chi connectivity index (χ0v) is 11.2. The molecule has 0 aliphatic carbocycles. The van der Waals surface area contributed by atoms with Crippen LogP contribution in [0.2, 0.25) is 0 Å². The van der Waals surface area contributed by atoms with E-state index in [0.29, 0.717) is 0 Å². The molecule has 2 aromatic carbocycles. The standard InChI is InChI=1S/C16H15N3O/c1-19-12-11-17-16(19)18-13-7-9-15(10-8-13)20-14-5-3-2-4-6-14/h2-12H,1H3,(H,17,18). The molecule has 0 saturated heterocycles. The minimum Gasteiger partial charge on any atom is -0.457 e. The van der Waals surface area contributed by atoms with E-state index in [0.717, 1.165) is 23.1 Å². The Morgan fingerprint density at radius 2 is 1.65 bits per heavy atom. The van der Waals surface area contributed by atoms with E-state index in [1.807, 2.05) is 72.4 Å². The van der Waals surface area contributed by atoms with E-state index in [1.165, 1.54) is 0 Å². The van der Waals surface area contributed by atoms with Crippen LogP contribution in [0.25, 0.3) is 0 Å². The Morgan fingerprint density at radius 3 is 2.30 bits per heavy atom. The Balaban J connectivity index is 1.70. The quantitative estimate of drug-likeness (QED) is 0.776. The maximum absolute atomic E-state index is 5.74. The molecular weight excluding hydrogens is 250 g/mol. The molecule has 4 heteroatoms. The van der Waals surface area contributed by atoms with Crippen LogP contribution in [0.15, 0.2) is 67.0 Å². The second kappa shape index (κ2) is 5.48. The van der Waals surface area contributed by atoms with Crippen molar-refractivity contribution in [2.45, 2.75) is 0 Å². The minimum atomic E-state index is 0.807. The van der Waals surface area contributed by atoms with Crippen molar-refractivity contribution >= 4 is 11.6 Å². The zero-order valence-electron chi connectivity index (χ0n) is 11.2. The lowest BCUT2D eigenvalue weighted by atomic mass is 10.3. The number of hydrogen-bond donors (Lipinski definition) is 1. The molecule has 0 aliphatic heterocycles. The van der Waals surface area contributed by atoms with Gasteiger partial charge >= 0.3 is 0 Å². The van der Waals surface area contributed by atoms with Gasteiger partial charge in [-0.25, -0.2) is 4.98 Å². The number of nitrogens with zero attached hydrogens (tertiary/aromatic N) is 2. The Morgan fingerprint density at radius 1 is 0.950 bits per heavy atom. The highest BCUT2D eigenvalue weighted by Gasteiger charge is 2.01. The van der Waals surface area contributed by atoms with Gasteiger partial charge in [0, 0.05) is 25.1 Å². The first-order valence-corrected chi connectivity index (χ1v) is 6.38. The number of rotatable bonds is 4. The van der Waals surface area contributed by atoms with Crippen molar-refractivity contribution in [3.05, 3.63) is 67.0 Å². The Labute approximate surface area is 117 Å². The van der Waals surface area contributed by atoms with Crippen molar-refractivity contribution in [1.82, 2.24) is 9.55 Å². The number of hydrogen-bond acceptors (Lipinski definition) is 3. The van der Waals surface area contributed by atoms with Gasteiger partial charge in [-0.2, -0.15) is 0 Å². The summed E-state index contributed by atoms with van der Waals surface area (Å²) in [6.45, 7) is 0. The fourth-order valence-electron chi connectivity index (χ4n) is 1.85. The maximum atomic E-state index is 5.74. The summed E-state index contributed by atoms with van der Waals surface area (Å²) in [6, 6.07) is 17.5. The van der Waals surface area contributed by atoms with Crippen LogP contribution in [0.1, 0.15) is 0 Å². The van der Waals surface area contributed by atoms with Gasteiger partial charge in [0.1, 0.15) is 11.5 Å². The number of aryl methyl sites for hydroxylation is 1. The first kappa shape index (κ1) is 12.3. The number of benzene rings is 2. The van der Waals surface area contributed by atoms with E-state index in [2.05, 4.69) is 10.3 Å². The SMILES string of the molecule is Cn1ccnc1Nc1ccc(Oc2ccccc2)cc1. The van der Waals surface area contributed by atoms with Crippen LogP contribution in [0.3, 0.4) is 0 Å². The number of anilines is 2. The largest absolute Gasteiger partial charge is 0.457 e. The molecule has 0 amide bonds. The molecule has 20 heavy (non-hydrogen) atoms. The van der Waals surface area contributed by atoms with Gasteiger partial charge in [-0.1, -0.05) is 18.2 Å². The van der Waals surface area contributed by atoms with E-state index in [4.69, 9.17) is 4.74 Å². The summed E-state index contributed by atoms with van der Waals surface area (Å²) in [5, 5.41) is 3.24. The first-order chi connectivity index (χ1) is 9.81. The normalized spacial score (nSPS) is 10.2. The monoisotopic (exact) mass is 265 g/mol. The first-order valence-electron chi connectivity index (χ1n) is 6.38. The summed E-state index contributed by atoms with van der Waals surface area (Å²) < 4.78 is 7.67. The van der Waals surface area contributed by atoms with Crippen molar-refractivity contribution in [2.24, 2.45) is 7.05 Å². The predicted octanol–water partition coefficient (Wildman–Crippen LogP) is 3.96. The summed E-state index contributed by atoms with van der Waals surface area (Å²) in [7, 11) is 1.95. The van der Waals surface area contributed by atoms with Crippen LogP contribution in [-0.2, 0) is 7.05 Å². The molecule has 0 fully saturated rings. The van der Waals surface area contributed by atoms with Crippen LogP contribution < -0.4 is 10.1 Å². The summed E-state index contributed by atoms with van der Waals surface area (Å²) in [6.07, 6.45) is 3.66. The average Bonchev–Trinajstić information content (AvgIpc) is 2.88. The lowest BCUT2D eigenvalue weighted by Crippen LogP contribution is -1.98. The molecule has 0 bridgehead atoms. The highest BCUT2D eigenvalue weighted by molar-refractivity contribution is 5.55. The van der Waals surface area contributed by atoms with Crippen LogP contribution in [-0.4, -0.2) is 9.55 Å². The van der Waals surface area contributed by atoms with Crippen LogP contribution in [0, 0.1) is 0 Å². The molecule has 0 atom stereocenters. The molecule has 0 spiro atoms. The van der Waals surface area contributed by atoms with Gasteiger partial charge in [0.05, 0.1) is 0 Å². The number of aromatic nitrogens is 2. The van der Waals surface area contributed by atoms with Gasteiger partial charge in [-0.15, -0.1) is 0 Å². The van der Waals surface area contributed by atoms with Crippen molar-refractivity contribution < 1.29 is 4.74 Å². The smallest absolute Gasteiger partial charge is 0.207 e. The zero-order chi connectivity index (χ0) is 13.8. The molecule has 0 unspecified atom stereocenters. The fraction of sp³-hybridized carbons (Fsp3) is 0.0625. The van der Waals surface area contributed by atoms with Gasteiger partial charge in [-0.05, 0) is 36.4 Å². The van der Waals surface area contributed by atoms with Crippen molar-refractivity contribution in [3.63, 3.8) is 0 Å². The summed E-state index contributed by atoms with van der Waals surface area (Å²) in [5.41, 5.74) is 0.972. The molecule has 100 valence electrons. The Bertz CT molecular complexity index is 674. The van der Waals surface area contributed by atoms with Crippen LogP contribution >= 0.6 is 0 Å². The summed E-state index contributed by atoms with van der Waals surface area (Å²) in [5.74, 6) is 2.45. The number of nitrogens with one attached hydrogen (secondary N) is 1. The summed E-state index contributed by atoms with van der Waals surface area (Å²) >= 11 is 0. The molecule has 1 heterocycles. The molecule has 1 N–H and O–H groups in total. The van der Waals surface area contributed by atoms with Crippen molar-refractivity contribution in [3.8, 4) is 11.5 Å². The van der Waals surface area contributed by atoms with Gasteiger partial charge in [0.15, 0.2) is 0 Å². The number of imidazole rings is 1. The number of para-hydroxylation sites is 1. The predicted molar refractivity (Wildman–Crippen MR) is 79.4 cm³/mol. The third-order valence-corrected chi connectivity index (χ3v) is 2.91. The van der Waals surface area contributed by atoms with E-state index in [-0.39, 0.29) is 0 Å². The van der Waals surface area contributed by atoms with Crippen molar-refractivity contribution in [2.75, 3.05) is 5.32 Å². The van der Waals surface area contributed by atoms with Crippen LogP contribution in [0.4, 0.5) is 11.6 Å². The van der Waals surface area contributed by atoms with E-state index >= 15 is 0 Å². The molecule has 0 aliphatic rings. The second-order valence-corrected chi connectivity index (χ2v) is 4.43. The summed E-state index contributed by atoms with van der Waals surface area (Å²) in [4.78, 5) is 4.22. The lowest BCUT2D eigenvalue weighted by molar-refractivity contribution is 0.483. The Kier molecular flexibility index (Phi) is 3.37. The van der Waals surface area contributed by atoms with Gasteiger partial charge in [0.2, 0.25) is 5.95 Å². The Hall–Kier alpha value is -2.75. The minimum absolute atomic E-state index is 0.807. The fourth-order valence-corrected chi connectivity index (χ4v) is 1.85. The highest BCUT2D eigenvalue weighted by atomic mass is 16.5. The van der Waals surface area contributed by atoms with E-state index < -0.39 is 0 Å². The topological polar surface area (TPSA) is 39.1 Å². The van der Waals surface area contributed by atoms with E-state index in [9.17, 15) is 0 Å². The molecule has 0 saturated carbocycles. The van der Waals surface area contributed by atoms with Gasteiger partial charge < -0.3 is 14.6 Å². The van der Waals surface area contributed by atoms with Gasteiger partial charge in [-0.3, -0.25) is 0 Å². The molecular formula is C16H15N3O. The molecule has 3 rings (SSSR count). The highest BCUT2D eigenvalue weighted by Crippen LogP contribution is 2.23. The molecule has 1 aromatic heterocycles. The molecule has 4 nitrogen and oxygen atoms in total. The number of ether oxygens (including phenoxy) is 1. The average molecular weight is 265 g/mol. The van der Waals surface area contributed by atoms with E-state index in [1.54, 1.807) is 6.20 Å². The third-order valence-electron chi connectivity index (χ3n) is 2.91. The lowest BCUT2D eigenvalue weighted by Gasteiger charge is -2.08. The third kappa shape index (κ3) is 2.80.